The number of hydrogen-bond acceptors (Lipinski definition) is 7. The molecule has 4 saturated carbocycles. The summed E-state index contributed by atoms with van der Waals surface area (Å²) in [5.74, 6) is 3.18. The lowest BCUT2D eigenvalue weighted by molar-refractivity contribution is -0.140. The van der Waals surface area contributed by atoms with Crippen LogP contribution in [-0.2, 0) is 9.59 Å². The second-order valence-corrected chi connectivity index (χ2v) is 11.5. The highest BCUT2D eigenvalue weighted by atomic mass is 32.2. The van der Waals surface area contributed by atoms with Crippen LogP contribution in [0, 0.1) is 23.2 Å². The van der Waals surface area contributed by atoms with Crippen molar-refractivity contribution in [2.45, 2.75) is 49.8 Å². The average molecular weight is 473 g/mol. The van der Waals surface area contributed by atoms with Crippen LogP contribution in [0.3, 0.4) is 0 Å². The Morgan fingerprint density at radius 3 is 2.34 bits per heavy atom. The molecule has 0 unspecified atom stereocenters. The van der Waals surface area contributed by atoms with Crippen molar-refractivity contribution in [2.24, 2.45) is 23.2 Å². The van der Waals surface area contributed by atoms with E-state index in [4.69, 9.17) is 4.74 Å². The normalized spacial score (nSPS) is 27.8. The number of rotatable bonds is 8. The molecule has 2 aromatic rings. The van der Waals surface area contributed by atoms with E-state index in [9.17, 15) is 9.59 Å². The van der Waals surface area contributed by atoms with Gasteiger partial charge in [0.25, 0.3) is 0 Å². The average Bonchev–Trinajstić information content (AvgIpc) is 3.20. The van der Waals surface area contributed by atoms with Gasteiger partial charge in [0.05, 0.1) is 17.8 Å². The number of aromatic nitrogens is 2. The number of nitrogens with one attached hydrogen (secondary N) is 2. The van der Waals surface area contributed by atoms with Crippen molar-refractivity contribution in [2.75, 3.05) is 23.0 Å². The first kappa shape index (κ1) is 21.7. The molecule has 4 bridgehead atoms. The Labute approximate surface area is 196 Å². The van der Waals surface area contributed by atoms with E-state index in [1.54, 1.807) is 0 Å². The molecule has 1 heterocycles. The van der Waals surface area contributed by atoms with Gasteiger partial charge in [-0.05, 0) is 87.5 Å². The quantitative estimate of drug-likeness (QED) is 0.423. The Kier molecular flexibility index (Phi) is 6.11. The third-order valence-corrected chi connectivity index (χ3v) is 8.89. The van der Waals surface area contributed by atoms with Crippen molar-refractivity contribution < 1.29 is 14.3 Å². The highest BCUT2D eigenvalue weighted by Gasteiger charge is 2.54. The Morgan fingerprint density at radius 1 is 1.06 bits per heavy atom. The van der Waals surface area contributed by atoms with Gasteiger partial charge in [-0.25, -0.2) is 0 Å². The number of nitrogens with zero attached hydrogens (tertiary/aromatic N) is 2. The maximum Gasteiger partial charge on any atom is 0.234 e. The summed E-state index contributed by atoms with van der Waals surface area (Å²) in [6, 6.07) is 7.29. The Bertz CT molecular complexity index is 956. The van der Waals surface area contributed by atoms with Gasteiger partial charge in [-0.1, -0.05) is 23.1 Å². The van der Waals surface area contributed by atoms with Gasteiger partial charge in [0.2, 0.25) is 16.9 Å². The largest absolute Gasteiger partial charge is 0.494 e. The fourth-order valence-electron chi connectivity index (χ4n) is 6.06. The number of amides is 2. The molecule has 32 heavy (non-hydrogen) atoms. The summed E-state index contributed by atoms with van der Waals surface area (Å²) in [6.45, 7) is 2.54. The number of ether oxygens (including phenoxy) is 1. The van der Waals surface area contributed by atoms with E-state index in [1.165, 1.54) is 42.4 Å². The van der Waals surface area contributed by atoms with E-state index < -0.39 is 0 Å². The molecule has 6 rings (SSSR count). The summed E-state index contributed by atoms with van der Waals surface area (Å²) in [6.07, 6.45) is 7.01. The molecule has 2 amide bonds. The summed E-state index contributed by atoms with van der Waals surface area (Å²) in [5, 5.41) is 14.7. The first-order chi connectivity index (χ1) is 15.5. The molecular weight excluding hydrogens is 444 g/mol. The summed E-state index contributed by atoms with van der Waals surface area (Å²) in [7, 11) is 0. The fraction of sp³-hybridized carbons (Fsp3) is 0.565. The van der Waals surface area contributed by atoms with Crippen molar-refractivity contribution in [3.63, 3.8) is 0 Å². The molecule has 4 aliphatic carbocycles. The van der Waals surface area contributed by atoms with Crippen LogP contribution in [0.25, 0.3) is 0 Å². The second kappa shape index (κ2) is 9.02. The smallest absolute Gasteiger partial charge is 0.234 e. The lowest BCUT2D eigenvalue weighted by Gasteiger charge is -2.55. The molecule has 4 fully saturated rings. The highest BCUT2D eigenvalue weighted by molar-refractivity contribution is 8.01. The van der Waals surface area contributed by atoms with Crippen LogP contribution in [0.2, 0.25) is 0 Å². The monoisotopic (exact) mass is 472 g/mol. The Hall–Kier alpha value is -2.13. The van der Waals surface area contributed by atoms with Gasteiger partial charge in [0.1, 0.15) is 5.75 Å². The third-order valence-electron chi connectivity index (χ3n) is 6.92. The summed E-state index contributed by atoms with van der Waals surface area (Å²) in [5.41, 5.74) is 0.519. The van der Waals surface area contributed by atoms with E-state index in [2.05, 4.69) is 20.8 Å². The van der Waals surface area contributed by atoms with Gasteiger partial charge in [0.15, 0.2) is 4.34 Å². The molecule has 4 aliphatic rings. The lowest BCUT2D eigenvalue weighted by atomic mass is 9.49. The van der Waals surface area contributed by atoms with E-state index in [1.807, 2.05) is 31.2 Å². The van der Waals surface area contributed by atoms with E-state index in [0.29, 0.717) is 16.1 Å². The topological polar surface area (TPSA) is 93.2 Å². The standard InChI is InChI=1S/C23H28N4O3S2/c1-2-30-18-5-3-17(4-6-18)24-19(28)13-31-22-27-26-21(32-22)25-20(29)23-10-14-7-15(11-23)9-16(8-14)12-23/h3-6,14-16H,2,7-13H2,1H3,(H,24,28)(H,25,26,29). The van der Waals surface area contributed by atoms with Crippen LogP contribution in [0.15, 0.2) is 28.6 Å². The first-order valence-corrected chi connectivity index (χ1v) is 13.1. The van der Waals surface area contributed by atoms with E-state index >= 15 is 0 Å². The zero-order valence-corrected chi connectivity index (χ0v) is 19.8. The van der Waals surface area contributed by atoms with Crippen LogP contribution in [0.5, 0.6) is 5.75 Å². The molecule has 0 aliphatic heterocycles. The van der Waals surface area contributed by atoms with Crippen LogP contribution >= 0.6 is 23.1 Å². The summed E-state index contributed by atoms with van der Waals surface area (Å²) in [4.78, 5) is 25.4. The summed E-state index contributed by atoms with van der Waals surface area (Å²) >= 11 is 2.66. The third kappa shape index (κ3) is 4.64. The molecule has 7 nitrogen and oxygen atoms in total. The van der Waals surface area contributed by atoms with Crippen LogP contribution < -0.4 is 15.4 Å². The lowest BCUT2D eigenvalue weighted by Crippen LogP contribution is -2.51. The van der Waals surface area contributed by atoms with Crippen molar-refractivity contribution in [1.29, 1.82) is 0 Å². The predicted octanol–water partition coefficient (Wildman–Crippen LogP) is 4.82. The maximum absolute atomic E-state index is 13.2. The molecule has 0 atom stereocenters. The van der Waals surface area contributed by atoms with Gasteiger partial charge in [0, 0.05) is 5.69 Å². The first-order valence-electron chi connectivity index (χ1n) is 11.3. The highest BCUT2D eigenvalue weighted by Crippen LogP contribution is 2.60. The summed E-state index contributed by atoms with van der Waals surface area (Å²) < 4.78 is 6.08. The minimum Gasteiger partial charge on any atom is -0.494 e. The van der Waals surface area contributed by atoms with E-state index in [0.717, 1.165) is 48.5 Å². The molecule has 0 spiro atoms. The van der Waals surface area contributed by atoms with E-state index in [-0.39, 0.29) is 23.0 Å². The van der Waals surface area contributed by atoms with Gasteiger partial charge in [-0.15, -0.1) is 10.2 Å². The zero-order valence-electron chi connectivity index (χ0n) is 18.1. The Morgan fingerprint density at radius 2 is 1.72 bits per heavy atom. The number of anilines is 2. The van der Waals surface area contributed by atoms with Crippen LogP contribution in [-0.4, -0.2) is 34.4 Å². The number of carbonyl (C=O) groups is 2. The molecule has 1 aromatic heterocycles. The molecule has 2 N–H and O–H groups in total. The number of benzene rings is 1. The van der Waals surface area contributed by atoms with Crippen molar-refractivity contribution in [3.05, 3.63) is 24.3 Å². The number of thioether (sulfide) groups is 1. The van der Waals surface area contributed by atoms with Crippen molar-refractivity contribution in [1.82, 2.24) is 10.2 Å². The fourth-order valence-corrected chi connectivity index (χ4v) is 7.61. The van der Waals surface area contributed by atoms with Gasteiger partial charge >= 0.3 is 0 Å². The minimum atomic E-state index is -0.203. The van der Waals surface area contributed by atoms with Crippen molar-refractivity contribution >= 4 is 45.7 Å². The zero-order chi connectivity index (χ0) is 22.1. The van der Waals surface area contributed by atoms with Crippen LogP contribution in [0.1, 0.15) is 45.4 Å². The van der Waals surface area contributed by atoms with Gasteiger partial charge in [-0.2, -0.15) is 0 Å². The molecule has 0 radical (unpaired) electrons. The van der Waals surface area contributed by atoms with Gasteiger partial charge < -0.3 is 15.4 Å². The second-order valence-electron chi connectivity index (χ2n) is 9.32. The number of hydrogen-bond donors (Lipinski definition) is 2. The van der Waals surface area contributed by atoms with Gasteiger partial charge in [-0.3, -0.25) is 9.59 Å². The predicted molar refractivity (Wildman–Crippen MR) is 126 cm³/mol. The molecule has 0 saturated heterocycles. The molecule has 170 valence electrons. The SMILES string of the molecule is CCOc1ccc(NC(=O)CSc2nnc(NC(=O)C34CC5CC(CC(C5)C3)C4)s2)cc1. The van der Waals surface area contributed by atoms with Crippen LogP contribution in [0.4, 0.5) is 10.8 Å². The maximum atomic E-state index is 13.2. The molecular formula is C23H28N4O3S2. The Balaban J connectivity index is 1.12. The molecule has 1 aromatic carbocycles. The minimum absolute atomic E-state index is 0.117. The number of carbonyl (C=O) groups excluding carboxylic acids is 2. The molecule has 9 heteroatoms. The van der Waals surface area contributed by atoms with Crippen molar-refractivity contribution in [3.8, 4) is 5.75 Å².